The number of hydrogen-bond donors (Lipinski definition) is 1. The van der Waals surface area contributed by atoms with E-state index in [1.54, 1.807) is 6.20 Å². The summed E-state index contributed by atoms with van der Waals surface area (Å²) in [5, 5.41) is 3.30. The van der Waals surface area contributed by atoms with Crippen LogP contribution in [0, 0.1) is 17.3 Å². The molecular weight excluding hydrogens is 378 g/mol. The SMILES string of the molecule is CC(C)Oc1cc(C2(C#C[Si](C)(C)C)N=CNC=C2Cl)c(F)cc1Cl. The molecule has 0 fully saturated rings. The summed E-state index contributed by atoms with van der Waals surface area (Å²) in [7, 11) is -1.74. The maximum atomic E-state index is 14.8. The lowest BCUT2D eigenvalue weighted by molar-refractivity contribution is 0.242. The maximum Gasteiger partial charge on any atom is 0.187 e. The Morgan fingerprint density at radius 2 is 1.96 bits per heavy atom. The number of aliphatic imine (C=N–C) groups is 1. The van der Waals surface area contributed by atoms with E-state index in [0.29, 0.717) is 5.75 Å². The van der Waals surface area contributed by atoms with Gasteiger partial charge in [0.1, 0.15) is 19.6 Å². The predicted molar refractivity (Wildman–Crippen MR) is 106 cm³/mol. The molecule has 1 atom stereocenters. The second-order valence-electron chi connectivity index (χ2n) is 7.06. The molecule has 0 bridgehead atoms. The molecule has 0 saturated carbocycles. The van der Waals surface area contributed by atoms with Crippen molar-refractivity contribution >= 4 is 37.6 Å². The van der Waals surface area contributed by atoms with E-state index < -0.39 is 19.4 Å². The highest BCUT2D eigenvalue weighted by Gasteiger charge is 2.38. The number of benzene rings is 1. The third kappa shape index (κ3) is 4.57. The van der Waals surface area contributed by atoms with Crippen molar-refractivity contribution in [2.24, 2.45) is 4.99 Å². The van der Waals surface area contributed by atoms with Crippen LogP contribution < -0.4 is 10.1 Å². The maximum absolute atomic E-state index is 14.8. The molecule has 25 heavy (non-hydrogen) atoms. The fraction of sp³-hybridized carbons (Fsp3) is 0.389. The van der Waals surface area contributed by atoms with Crippen LogP contribution in [0.5, 0.6) is 5.75 Å². The van der Waals surface area contributed by atoms with Gasteiger partial charge in [-0.25, -0.2) is 9.38 Å². The Balaban J connectivity index is 2.70. The second-order valence-corrected chi connectivity index (χ2v) is 12.6. The van der Waals surface area contributed by atoms with Gasteiger partial charge in [0.2, 0.25) is 0 Å². The van der Waals surface area contributed by atoms with Crippen LogP contribution in [-0.2, 0) is 5.54 Å². The molecule has 1 aliphatic rings. The van der Waals surface area contributed by atoms with Gasteiger partial charge in [0.05, 0.1) is 22.5 Å². The molecule has 134 valence electrons. The lowest BCUT2D eigenvalue weighted by Gasteiger charge is -2.28. The van der Waals surface area contributed by atoms with E-state index in [2.05, 4.69) is 41.4 Å². The number of halogens is 3. The van der Waals surface area contributed by atoms with Gasteiger partial charge in [-0.1, -0.05) is 48.8 Å². The molecule has 0 spiro atoms. The average molecular weight is 399 g/mol. The molecule has 7 heteroatoms. The molecule has 0 aromatic heterocycles. The summed E-state index contributed by atoms with van der Waals surface area (Å²) in [6, 6.07) is 2.75. The summed E-state index contributed by atoms with van der Waals surface area (Å²) in [5.74, 6) is 2.96. The minimum Gasteiger partial charge on any atom is -0.489 e. The summed E-state index contributed by atoms with van der Waals surface area (Å²) < 4.78 is 20.5. The molecule has 1 N–H and O–H groups in total. The van der Waals surface area contributed by atoms with Crippen LogP contribution in [0.1, 0.15) is 19.4 Å². The number of ether oxygens (including phenoxy) is 1. The van der Waals surface area contributed by atoms with Crippen LogP contribution in [0.15, 0.2) is 28.4 Å². The standard InChI is InChI=1S/C18H21Cl2FN2OSi/c1-12(2)24-16-8-13(15(21)9-14(16)19)18(6-7-25(3,4)5)17(20)10-22-11-23-18/h8-12H,1-5H3,(H,22,23). The van der Waals surface area contributed by atoms with E-state index in [-0.39, 0.29) is 21.7 Å². The number of nitrogens with one attached hydrogen (secondary N) is 1. The lowest BCUT2D eigenvalue weighted by Crippen LogP contribution is -2.31. The van der Waals surface area contributed by atoms with Gasteiger partial charge in [0.15, 0.2) is 5.54 Å². The lowest BCUT2D eigenvalue weighted by atomic mass is 9.89. The molecular formula is C18H21Cl2FN2OSi. The van der Waals surface area contributed by atoms with Crippen molar-refractivity contribution < 1.29 is 9.13 Å². The normalized spacial score (nSPS) is 19.8. The average Bonchev–Trinajstić information content (AvgIpc) is 2.48. The van der Waals surface area contributed by atoms with E-state index in [9.17, 15) is 4.39 Å². The summed E-state index contributed by atoms with van der Waals surface area (Å²) in [6.07, 6.45) is 2.91. The molecule has 1 unspecified atom stereocenters. The largest absolute Gasteiger partial charge is 0.489 e. The fourth-order valence-electron chi connectivity index (χ4n) is 2.20. The second kappa shape index (κ2) is 7.41. The van der Waals surface area contributed by atoms with Crippen LogP contribution in [0.2, 0.25) is 24.7 Å². The van der Waals surface area contributed by atoms with E-state index in [1.807, 2.05) is 13.8 Å². The minimum atomic E-state index is -1.74. The van der Waals surface area contributed by atoms with E-state index in [1.165, 1.54) is 18.5 Å². The highest BCUT2D eigenvalue weighted by Crippen LogP contribution is 2.41. The van der Waals surface area contributed by atoms with Crippen molar-refractivity contribution in [3.05, 3.63) is 39.8 Å². The van der Waals surface area contributed by atoms with Crippen molar-refractivity contribution in [3.63, 3.8) is 0 Å². The molecule has 0 saturated heterocycles. The molecule has 1 aliphatic heterocycles. The Hall–Kier alpha value is -1.48. The number of rotatable bonds is 3. The van der Waals surface area contributed by atoms with E-state index >= 15 is 0 Å². The number of hydrogen-bond acceptors (Lipinski definition) is 3. The first kappa shape index (κ1) is 19.8. The first-order valence-corrected chi connectivity index (χ1v) is 12.2. The first-order chi connectivity index (χ1) is 11.5. The van der Waals surface area contributed by atoms with Gasteiger partial charge in [-0.05, 0) is 26.0 Å². The highest BCUT2D eigenvalue weighted by atomic mass is 35.5. The molecule has 3 nitrogen and oxygen atoms in total. The molecule has 0 amide bonds. The molecule has 1 aromatic carbocycles. The smallest absolute Gasteiger partial charge is 0.187 e. The molecule has 2 rings (SSSR count). The van der Waals surface area contributed by atoms with Crippen molar-refractivity contribution in [2.75, 3.05) is 0 Å². The molecule has 1 aromatic rings. The van der Waals surface area contributed by atoms with E-state index in [0.717, 1.165) is 0 Å². The summed E-state index contributed by atoms with van der Waals surface area (Å²) in [4.78, 5) is 4.40. The van der Waals surface area contributed by atoms with Crippen LogP contribution in [0.4, 0.5) is 4.39 Å². The van der Waals surface area contributed by atoms with Crippen LogP contribution in [-0.4, -0.2) is 20.5 Å². The van der Waals surface area contributed by atoms with Gasteiger partial charge in [-0.3, -0.25) is 0 Å². The topological polar surface area (TPSA) is 33.6 Å². The van der Waals surface area contributed by atoms with Crippen molar-refractivity contribution in [1.29, 1.82) is 0 Å². The Labute approximate surface area is 159 Å². The zero-order chi connectivity index (χ0) is 18.8. The van der Waals surface area contributed by atoms with Gasteiger partial charge in [0.25, 0.3) is 0 Å². The van der Waals surface area contributed by atoms with Crippen molar-refractivity contribution in [3.8, 4) is 17.2 Å². The highest BCUT2D eigenvalue weighted by molar-refractivity contribution is 6.83. The molecule has 1 heterocycles. The van der Waals surface area contributed by atoms with Gasteiger partial charge in [0, 0.05) is 11.8 Å². The molecule has 0 aliphatic carbocycles. The Morgan fingerprint density at radius 3 is 2.52 bits per heavy atom. The minimum absolute atomic E-state index is 0.109. The zero-order valence-corrected chi connectivity index (χ0v) is 17.4. The van der Waals surface area contributed by atoms with Crippen molar-refractivity contribution in [1.82, 2.24) is 5.32 Å². The molecule has 0 radical (unpaired) electrons. The Morgan fingerprint density at radius 1 is 1.28 bits per heavy atom. The number of nitrogens with zero attached hydrogens (tertiary/aromatic N) is 1. The summed E-state index contributed by atoms with van der Waals surface area (Å²) in [6.45, 7) is 10.0. The van der Waals surface area contributed by atoms with Crippen LogP contribution in [0.25, 0.3) is 0 Å². The summed E-state index contributed by atoms with van der Waals surface area (Å²) in [5.41, 5.74) is 2.16. The Bertz CT molecular complexity index is 791. The van der Waals surface area contributed by atoms with Gasteiger partial charge in [-0.2, -0.15) is 0 Å². The Kier molecular flexibility index (Phi) is 5.88. The zero-order valence-electron chi connectivity index (χ0n) is 14.9. The summed E-state index contributed by atoms with van der Waals surface area (Å²) >= 11 is 12.6. The van der Waals surface area contributed by atoms with E-state index in [4.69, 9.17) is 27.9 Å². The van der Waals surface area contributed by atoms with Gasteiger partial charge in [-0.15, -0.1) is 5.54 Å². The third-order valence-electron chi connectivity index (χ3n) is 3.28. The third-order valence-corrected chi connectivity index (χ3v) is 4.83. The predicted octanol–water partition coefficient (Wildman–Crippen LogP) is 5.05. The van der Waals surface area contributed by atoms with Crippen LogP contribution in [0.3, 0.4) is 0 Å². The van der Waals surface area contributed by atoms with Crippen molar-refractivity contribution in [2.45, 2.75) is 45.1 Å². The van der Waals surface area contributed by atoms with Crippen LogP contribution >= 0.6 is 23.2 Å². The monoisotopic (exact) mass is 398 g/mol. The first-order valence-electron chi connectivity index (χ1n) is 7.91. The quantitative estimate of drug-likeness (QED) is 0.570. The van der Waals surface area contributed by atoms with Gasteiger partial charge >= 0.3 is 0 Å². The van der Waals surface area contributed by atoms with Gasteiger partial charge < -0.3 is 10.1 Å². The fourth-order valence-corrected chi connectivity index (χ4v) is 3.21.